The number of piperidine rings is 1. The van der Waals surface area contributed by atoms with Gasteiger partial charge in [0.15, 0.2) is 5.96 Å². The zero-order valence-corrected chi connectivity index (χ0v) is 20.9. The van der Waals surface area contributed by atoms with Crippen LogP contribution >= 0.6 is 24.0 Å². The number of hydrogen-bond donors (Lipinski definition) is 2. The SMILES string of the molecule is C=C(C)CN1CCC(NC(=NC)NCc2cc(N(C)C)nc3ccccc23)CC1.I. The zero-order valence-electron chi connectivity index (χ0n) is 18.6. The van der Waals surface area contributed by atoms with Crippen molar-refractivity contribution in [3.05, 3.63) is 48.0 Å². The second-order valence-corrected chi connectivity index (χ2v) is 8.13. The summed E-state index contributed by atoms with van der Waals surface area (Å²) in [6.07, 6.45) is 2.24. The normalized spacial score (nSPS) is 15.5. The molecule has 0 aliphatic carbocycles. The van der Waals surface area contributed by atoms with Crippen molar-refractivity contribution in [1.29, 1.82) is 0 Å². The van der Waals surface area contributed by atoms with Gasteiger partial charge in [-0.15, -0.1) is 24.0 Å². The van der Waals surface area contributed by atoms with E-state index in [4.69, 9.17) is 4.98 Å². The Labute approximate surface area is 197 Å². The first-order valence-electron chi connectivity index (χ1n) is 10.4. The monoisotopic (exact) mass is 522 g/mol. The average Bonchev–Trinajstić information content (AvgIpc) is 2.71. The van der Waals surface area contributed by atoms with Crippen molar-refractivity contribution in [2.24, 2.45) is 4.99 Å². The molecule has 1 aliphatic heterocycles. The summed E-state index contributed by atoms with van der Waals surface area (Å²) in [5, 5.41) is 8.27. The molecule has 0 amide bonds. The van der Waals surface area contributed by atoms with Crippen LogP contribution in [0.5, 0.6) is 0 Å². The van der Waals surface area contributed by atoms with Crippen molar-refractivity contribution >= 4 is 46.7 Å². The Hall–Kier alpha value is -1.87. The standard InChI is InChI=1S/C23H34N6.HI/c1-17(2)16-29-12-10-19(11-13-29)26-23(24-3)25-15-18-14-22(28(4)5)27-21-9-7-6-8-20(18)21;/h6-9,14,19H,1,10-13,15-16H2,2-5H3,(H2,24,25,26);1H. The molecule has 0 spiro atoms. The quantitative estimate of drug-likeness (QED) is 0.263. The average molecular weight is 522 g/mol. The number of likely N-dealkylation sites (tertiary alicyclic amines) is 1. The van der Waals surface area contributed by atoms with Crippen LogP contribution in [0, 0.1) is 0 Å². The van der Waals surface area contributed by atoms with Gasteiger partial charge in [0.05, 0.1) is 5.52 Å². The summed E-state index contributed by atoms with van der Waals surface area (Å²) in [5.41, 5.74) is 3.47. The van der Waals surface area contributed by atoms with Crippen LogP contribution in [0.4, 0.5) is 5.82 Å². The van der Waals surface area contributed by atoms with Gasteiger partial charge in [-0.1, -0.05) is 30.4 Å². The first kappa shape index (κ1) is 24.4. The molecule has 30 heavy (non-hydrogen) atoms. The van der Waals surface area contributed by atoms with Crippen molar-refractivity contribution in [2.45, 2.75) is 32.4 Å². The molecule has 1 aromatic heterocycles. The lowest BCUT2D eigenvalue weighted by Crippen LogP contribution is -2.48. The van der Waals surface area contributed by atoms with E-state index in [1.165, 1.54) is 16.5 Å². The molecular weight excluding hydrogens is 487 g/mol. The maximum Gasteiger partial charge on any atom is 0.191 e. The fraction of sp³-hybridized carbons (Fsp3) is 0.478. The molecule has 2 aromatic rings. The molecule has 2 heterocycles. The van der Waals surface area contributed by atoms with Gasteiger partial charge in [0.25, 0.3) is 0 Å². The van der Waals surface area contributed by atoms with E-state index < -0.39 is 0 Å². The first-order valence-corrected chi connectivity index (χ1v) is 10.4. The first-order chi connectivity index (χ1) is 14.0. The van der Waals surface area contributed by atoms with Crippen LogP contribution in [0.3, 0.4) is 0 Å². The predicted octanol–water partition coefficient (Wildman–Crippen LogP) is 3.62. The van der Waals surface area contributed by atoms with Crippen molar-refractivity contribution in [3.63, 3.8) is 0 Å². The van der Waals surface area contributed by atoms with Gasteiger partial charge in [-0.3, -0.25) is 9.89 Å². The van der Waals surface area contributed by atoms with E-state index in [-0.39, 0.29) is 24.0 Å². The van der Waals surface area contributed by atoms with Crippen molar-refractivity contribution < 1.29 is 0 Å². The number of benzene rings is 1. The van der Waals surface area contributed by atoms with E-state index in [0.717, 1.165) is 49.8 Å². The van der Waals surface area contributed by atoms with Gasteiger partial charge in [0, 0.05) is 58.8 Å². The number of aliphatic imine (C=N–C) groups is 1. The van der Waals surface area contributed by atoms with E-state index in [1.807, 2.05) is 32.1 Å². The van der Waals surface area contributed by atoms with Crippen LogP contribution in [0.25, 0.3) is 10.9 Å². The van der Waals surface area contributed by atoms with Crippen LogP contribution in [-0.4, -0.2) is 62.7 Å². The Morgan fingerprint density at radius 1 is 1.27 bits per heavy atom. The summed E-state index contributed by atoms with van der Waals surface area (Å²) in [6.45, 7) is 10.0. The van der Waals surface area contributed by atoms with Gasteiger partial charge in [-0.2, -0.15) is 0 Å². The van der Waals surface area contributed by atoms with Gasteiger partial charge in [0.1, 0.15) is 5.82 Å². The number of para-hydroxylation sites is 1. The topological polar surface area (TPSA) is 55.8 Å². The lowest BCUT2D eigenvalue weighted by Gasteiger charge is -2.33. The summed E-state index contributed by atoms with van der Waals surface area (Å²) >= 11 is 0. The molecule has 1 aliphatic rings. The molecule has 0 unspecified atom stereocenters. The van der Waals surface area contributed by atoms with Crippen LogP contribution in [-0.2, 0) is 6.54 Å². The number of nitrogens with zero attached hydrogens (tertiary/aromatic N) is 4. The summed E-state index contributed by atoms with van der Waals surface area (Å²) in [7, 11) is 5.88. The number of rotatable bonds is 6. The highest BCUT2D eigenvalue weighted by atomic mass is 127. The summed E-state index contributed by atoms with van der Waals surface area (Å²) in [5.74, 6) is 1.82. The Morgan fingerprint density at radius 3 is 2.60 bits per heavy atom. The molecule has 2 N–H and O–H groups in total. The summed E-state index contributed by atoms with van der Waals surface area (Å²) in [4.78, 5) is 13.7. The van der Waals surface area contributed by atoms with E-state index in [2.05, 4.69) is 58.3 Å². The van der Waals surface area contributed by atoms with Gasteiger partial charge in [-0.25, -0.2) is 4.98 Å². The molecule has 164 valence electrons. The lowest BCUT2D eigenvalue weighted by atomic mass is 10.0. The van der Waals surface area contributed by atoms with Gasteiger partial charge in [-0.05, 0) is 37.5 Å². The summed E-state index contributed by atoms with van der Waals surface area (Å²) < 4.78 is 0. The van der Waals surface area contributed by atoms with Crippen molar-refractivity contribution in [3.8, 4) is 0 Å². The molecule has 1 fully saturated rings. The zero-order chi connectivity index (χ0) is 20.8. The number of pyridine rings is 1. The molecule has 0 radical (unpaired) electrons. The molecule has 1 saturated heterocycles. The molecule has 6 nitrogen and oxygen atoms in total. The van der Waals surface area contributed by atoms with E-state index in [1.54, 1.807) is 0 Å². The smallest absolute Gasteiger partial charge is 0.191 e. The number of hydrogen-bond acceptors (Lipinski definition) is 4. The maximum absolute atomic E-state index is 4.75. The number of anilines is 1. The minimum atomic E-state index is 0. The number of halogens is 1. The third-order valence-corrected chi connectivity index (χ3v) is 5.34. The minimum Gasteiger partial charge on any atom is -0.363 e. The number of guanidine groups is 1. The fourth-order valence-electron chi connectivity index (χ4n) is 3.79. The second-order valence-electron chi connectivity index (χ2n) is 8.13. The Bertz CT molecular complexity index is 871. The molecule has 7 heteroatoms. The highest BCUT2D eigenvalue weighted by Crippen LogP contribution is 2.22. The highest BCUT2D eigenvalue weighted by Gasteiger charge is 2.20. The lowest BCUT2D eigenvalue weighted by molar-refractivity contribution is 0.221. The molecule has 0 atom stereocenters. The van der Waals surface area contributed by atoms with Gasteiger partial charge in [0.2, 0.25) is 0 Å². The second kappa shape index (κ2) is 11.5. The minimum absolute atomic E-state index is 0. The van der Waals surface area contributed by atoms with Gasteiger partial charge >= 0.3 is 0 Å². The molecule has 0 saturated carbocycles. The van der Waals surface area contributed by atoms with Crippen molar-refractivity contribution in [2.75, 3.05) is 45.7 Å². The van der Waals surface area contributed by atoms with E-state index in [9.17, 15) is 0 Å². The fourth-order valence-corrected chi connectivity index (χ4v) is 3.79. The highest BCUT2D eigenvalue weighted by molar-refractivity contribution is 14.0. The Morgan fingerprint density at radius 2 is 1.97 bits per heavy atom. The van der Waals surface area contributed by atoms with Crippen LogP contribution in [0.2, 0.25) is 0 Å². The molecule has 3 rings (SSSR count). The third kappa shape index (κ3) is 6.57. The predicted molar refractivity (Wildman–Crippen MR) is 139 cm³/mol. The molecule has 0 bridgehead atoms. The van der Waals surface area contributed by atoms with Crippen molar-refractivity contribution in [1.82, 2.24) is 20.5 Å². The van der Waals surface area contributed by atoms with Crippen LogP contribution in [0.15, 0.2) is 47.5 Å². The van der Waals surface area contributed by atoms with Crippen LogP contribution in [0.1, 0.15) is 25.3 Å². The summed E-state index contributed by atoms with van der Waals surface area (Å²) in [6, 6.07) is 10.9. The number of fused-ring (bicyclic) bond motifs is 1. The molecule has 1 aromatic carbocycles. The number of nitrogens with one attached hydrogen (secondary N) is 2. The Kier molecular flexibility index (Phi) is 9.36. The van der Waals surface area contributed by atoms with Crippen LogP contribution < -0.4 is 15.5 Å². The maximum atomic E-state index is 4.75. The van der Waals surface area contributed by atoms with E-state index in [0.29, 0.717) is 12.6 Å². The van der Waals surface area contributed by atoms with E-state index >= 15 is 0 Å². The van der Waals surface area contributed by atoms with Gasteiger partial charge < -0.3 is 15.5 Å². The largest absolute Gasteiger partial charge is 0.363 e. The third-order valence-electron chi connectivity index (χ3n) is 5.34. The number of aromatic nitrogens is 1. The molecular formula is C23H35IN6. The Balaban J connectivity index is 0.00000320.